The van der Waals surface area contributed by atoms with E-state index in [0.29, 0.717) is 24.3 Å². The molecule has 4 atom stereocenters. The maximum atomic E-state index is 13.3. The molecule has 3 heterocycles. The van der Waals surface area contributed by atoms with Gasteiger partial charge >= 0.3 is 0 Å². The molecule has 4 heteroatoms. The van der Waals surface area contributed by atoms with E-state index in [1.54, 1.807) is 12.7 Å². The minimum atomic E-state index is 0.292. The average Bonchev–Trinajstić information content (AvgIpc) is 2.74. The first-order chi connectivity index (χ1) is 13.7. The minimum absolute atomic E-state index is 0.292. The van der Waals surface area contributed by atoms with Crippen LogP contribution in [0.2, 0.25) is 0 Å². The highest BCUT2D eigenvalue weighted by molar-refractivity contribution is 5.80. The summed E-state index contributed by atoms with van der Waals surface area (Å²) in [5.41, 5.74) is 2.65. The third-order valence-corrected chi connectivity index (χ3v) is 7.49. The second-order valence-electron chi connectivity index (χ2n) is 9.12. The van der Waals surface area contributed by atoms with E-state index in [0.717, 1.165) is 36.2 Å². The van der Waals surface area contributed by atoms with Crippen molar-refractivity contribution in [3.8, 4) is 5.75 Å². The molecule has 150 valence electrons. The predicted molar refractivity (Wildman–Crippen MR) is 110 cm³/mol. The molecule has 1 aliphatic carbocycles. The molecule has 0 aromatic heterocycles. The van der Waals surface area contributed by atoms with Crippen molar-refractivity contribution in [2.24, 2.45) is 11.8 Å². The van der Waals surface area contributed by atoms with Crippen molar-refractivity contribution in [2.75, 3.05) is 26.7 Å². The maximum Gasteiger partial charge on any atom is 0.227 e. The summed E-state index contributed by atoms with van der Waals surface area (Å²) in [6.45, 7) is 3.37. The van der Waals surface area contributed by atoms with Gasteiger partial charge in [-0.05, 0) is 68.2 Å². The Morgan fingerprint density at radius 3 is 2.82 bits per heavy atom. The topological polar surface area (TPSA) is 32.8 Å². The summed E-state index contributed by atoms with van der Waals surface area (Å²) in [5, 5.41) is 0. The lowest BCUT2D eigenvalue weighted by Gasteiger charge is -2.54. The molecule has 0 saturated carbocycles. The van der Waals surface area contributed by atoms with Gasteiger partial charge in [-0.25, -0.2) is 0 Å². The molecule has 0 radical (unpaired) electrons. The van der Waals surface area contributed by atoms with Crippen LogP contribution in [0.1, 0.15) is 44.1 Å². The van der Waals surface area contributed by atoms with Crippen molar-refractivity contribution in [3.63, 3.8) is 0 Å². The fraction of sp³-hybridized carbons (Fsp3) is 0.625. The van der Waals surface area contributed by atoms with E-state index in [4.69, 9.17) is 4.74 Å². The van der Waals surface area contributed by atoms with E-state index in [1.807, 2.05) is 24.3 Å². The van der Waals surface area contributed by atoms with Gasteiger partial charge in [0.1, 0.15) is 5.75 Å². The second kappa shape index (κ2) is 7.55. The smallest absolute Gasteiger partial charge is 0.227 e. The molecule has 2 bridgehead atoms. The van der Waals surface area contributed by atoms with E-state index in [9.17, 15) is 4.79 Å². The molecule has 0 N–H and O–H groups in total. The number of hydrogen-bond donors (Lipinski definition) is 0. The molecule has 1 amide bonds. The Hall–Kier alpha value is -1.81. The predicted octanol–water partition coefficient (Wildman–Crippen LogP) is 3.66. The van der Waals surface area contributed by atoms with Crippen LogP contribution in [0.5, 0.6) is 5.75 Å². The number of hydrogen-bond acceptors (Lipinski definition) is 3. The van der Waals surface area contributed by atoms with Gasteiger partial charge in [-0.3, -0.25) is 9.69 Å². The summed E-state index contributed by atoms with van der Waals surface area (Å²) < 4.78 is 5.24. The van der Waals surface area contributed by atoms with Gasteiger partial charge in [-0.2, -0.15) is 0 Å². The summed E-state index contributed by atoms with van der Waals surface area (Å²) in [6.07, 6.45) is 10.8. The van der Waals surface area contributed by atoms with Crippen molar-refractivity contribution in [1.82, 2.24) is 9.80 Å². The Labute approximate surface area is 168 Å². The molecular formula is C24H32N2O2. The van der Waals surface area contributed by atoms with Gasteiger partial charge in [0.05, 0.1) is 19.6 Å². The van der Waals surface area contributed by atoms with Crippen LogP contribution >= 0.6 is 0 Å². The third kappa shape index (κ3) is 3.26. The van der Waals surface area contributed by atoms with Crippen LogP contribution in [0.4, 0.5) is 0 Å². The Morgan fingerprint density at radius 2 is 2.00 bits per heavy atom. The van der Waals surface area contributed by atoms with Crippen molar-refractivity contribution in [3.05, 3.63) is 41.5 Å². The molecule has 5 rings (SSSR count). The Kier molecular flexibility index (Phi) is 4.92. The van der Waals surface area contributed by atoms with Crippen molar-refractivity contribution < 1.29 is 9.53 Å². The molecule has 1 aromatic rings. The molecule has 0 unspecified atom stereocenters. The van der Waals surface area contributed by atoms with Crippen molar-refractivity contribution >= 4 is 5.91 Å². The molecule has 4 nitrogen and oxygen atoms in total. The molecule has 1 aromatic carbocycles. The van der Waals surface area contributed by atoms with E-state index in [1.165, 1.54) is 45.2 Å². The first-order valence-electron chi connectivity index (χ1n) is 11.1. The molecule has 4 aliphatic rings. The molecular weight excluding hydrogens is 348 g/mol. The Bertz CT molecular complexity index is 756. The highest BCUT2D eigenvalue weighted by Gasteiger charge is 2.46. The third-order valence-electron chi connectivity index (χ3n) is 7.49. The van der Waals surface area contributed by atoms with Gasteiger partial charge < -0.3 is 9.64 Å². The van der Waals surface area contributed by atoms with Crippen LogP contribution in [0.15, 0.2) is 35.9 Å². The highest BCUT2D eigenvalue weighted by Crippen LogP contribution is 2.45. The van der Waals surface area contributed by atoms with Crippen LogP contribution < -0.4 is 4.74 Å². The number of amides is 1. The van der Waals surface area contributed by atoms with Crippen LogP contribution in [0.25, 0.3) is 0 Å². The standard InChI is InChI=1S/C24H32N2O2/c1-28-21-9-7-17(8-10-21)13-23(27)26-12-4-5-18-14-19-15-20(24(18)26)16-25-11-3-2-6-22(19)25/h7-10,14,19-20,22,24H,2-6,11-13,15-16H2,1H3/t19-,20-,22+,24-/m0/s1. The number of ether oxygens (including phenoxy) is 1. The molecule has 3 aliphatic heterocycles. The van der Waals surface area contributed by atoms with Crippen LogP contribution in [-0.2, 0) is 11.2 Å². The SMILES string of the molecule is COc1ccc(CC(=O)N2CCCC3=C[C@H]4C[C@@H](CN5CCCC[C@H]45)[C@H]32)cc1. The number of nitrogens with zero attached hydrogens (tertiary/aromatic N) is 2. The lowest BCUT2D eigenvalue weighted by molar-refractivity contribution is -0.135. The van der Waals surface area contributed by atoms with Crippen LogP contribution in [0.3, 0.4) is 0 Å². The first kappa shape index (κ1) is 18.2. The fourth-order valence-electron chi connectivity index (χ4n) is 6.27. The molecule has 3 fully saturated rings. The maximum absolute atomic E-state index is 13.3. The first-order valence-corrected chi connectivity index (χ1v) is 11.1. The van der Waals surface area contributed by atoms with Gasteiger partial charge in [0.2, 0.25) is 5.91 Å². The van der Waals surface area contributed by atoms with Crippen LogP contribution in [-0.4, -0.2) is 54.5 Å². The number of piperidine rings is 3. The number of likely N-dealkylation sites (tertiary alicyclic amines) is 1. The molecule has 3 saturated heterocycles. The number of methoxy groups -OCH3 is 1. The van der Waals surface area contributed by atoms with Crippen LogP contribution in [0, 0.1) is 11.8 Å². The summed E-state index contributed by atoms with van der Waals surface area (Å²) in [5.74, 6) is 2.48. The quantitative estimate of drug-likeness (QED) is 0.751. The van der Waals surface area contributed by atoms with Gasteiger partial charge in [0.25, 0.3) is 0 Å². The zero-order valence-corrected chi connectivity index (χ0v) is 17.0. The largest absolute Gasteiger partial charge is 0.497 e. The summed E-state index contributed by atoms with van der Waals surface area (Å²) >= 11 is 0. The zero-order valence-electron chi connectivity index (χ0n) is 17.0. The lowest BCUT2D eigenvalue weighted by Crippen LogP contribution is -2.60. The zero-order chi connectivity index (χ0) is 19.1. The van der Waals surface area contributed by atoms with E-state index in [-0.39, 0.29) is 0 Å². The summed E-state index contributed by atoms with van der Waals surface area (Å²) in [6, 6.07) is 9.06. The van der Waals surface area contributed by atoms with E-state index in [2.05, 4.69) is 15.9 Å². The van der Waals surface area contributed by atoms with Gasteiger partial charge in [0.15, 0.2) is 0 Å². The number of fused-ring (bicyclic) bond motifs is 6. The lowest BCUT2D eigenvalue weighted by atomic mass is 9.68. The Morgan fingerprint density at radius 1 is 1.14 bits per heavy atom. The number of benzene rings is 1. The normalized spacial score (nSPS) is 32.2. The van der Waals surface area contributed by atoms with E-state index >= 15 is 0 Å². The summed E-state index contributed by atoms with van der Waals surface area (Å²) in [4.78, 5) is 18.2. The fourth-order valence-corrected chi connectivity index (χ4v) is 6.27. The minimum Gasteiger partial charge on any atom is -0.497 e. The summed E-state index contributed by atoms with van der Waals surface area (Å²) in [7, 11) is 1.68. The van der Waals surface area contributed by atoms with Crippen molar-refractivity contribution in [1.29, 1.82) is 0 Å². The second-order valence-corrected chi connectivity index (χ2v) is 9.12. The highest BCUT2D eigenvalue weighted by atomic mass is 16.5. The number of carbonyl (C=O) groups excluding carboxylic acids is 1. The molecule has 28 heavy (non-hydrogen) atoms. The number of carbonyl (C=O) groups is 1. The van der Waals surface area contributed by atoms with E-state index < -0.39 is 0 Å². The average molecular weight is 381 g/mol. The Balaban J connectivity index is 1.35. The van der Waals surface area contributed by atoms with Gasteiger partial charge in [-0.1, -0.05) is 30.2 Å². The van der Waals surface area contributed by atoms with Crippen molar-refractivity contribution in [2.45, 2.75) is 57.0 Å². The van der Waals surface area contributed by atoms with Gasteiger partial charge in [0, 0.05) is 19.1 Å². The molecule has 0 spiro atoms. The van der Waals surface area contributed by atoms with Gasteiger partial charge in [-0.15, -0.1) is 0 Å². The number of rotatable bonds is 3. The monoisotopic (exact) mass is 380 g/mol.